The molecule has 0 aliphatic carbocycles. The molecule has 7 aromatic carbocycles. The lowest BCUT2D eigenvalue weighted by molar-refractivity contribution is -0.163. The third-order valence-corrected chi connectivity index (χ3v) is 21.5. The van der Waals surface area contributed by atoms with Gasteiger partial charge in [-0.1, -0.05) is 232 Å². The first-order valence-electron chi connectivity index (χ1n) is 41.9. The van der Waals surface area contributed by atoms with Gasteiger partial charge in [-0.05, 0) is 168 Å². The van der Waals surface area contributed by atoms with Crippen LogP contribution in [0.5, 0.6) is 0 Å². The maximum Gasteiger partial charge on any atom is 0.338 e. The molecule has 0 saturated carbocycles. The van der Waals surface area contributed by atoms with Crippen molar-refractivity contribution in [3.05, 3.63) is 245 Å². The summed E-state index contributed by atoms with van der Waals surface area (Å²) < 4.78 is 33.6. The van der Waals surface area contributed by atoms with Crippen molar-refractivity contribution < 1.29 is 71.6 Å². The van der Waals surface area contributed by atoms with Crippen LogP contribution in [0.15, 0.2) is 195 Å². The molecule has 10 rings (SSSR count). The first kappa shape index (κ1) is 96.6. The fraction of sp³-hybridized carbons (Fsp3) is 0.430. The van der Waals surface area contributed by atoms with Crippen LogP contribution in [0.4, 0.5) is 0 Å². The normalized spacial score (nSPS) is 18.6. The van der Waals surface area contributed by atoms with Crippen molar-refractivity contribution in [3.63, 3.8) is 0 Å². The quantitative estimate of drug-likeness (QED) is 0.0144. The molecule has 0 bridgehead atoms. The van der Waals surface area contributed by atoms with E-state index in [-0.39, 0.29) is 48.7 Å². The molecular weight excluding hydrogens is 1550 g/mol. The van der Waals surface area contributed by atoms with E-state index in [1.807, 2.05) is 267 Å². The van der Waals surface area contributed by atoms with Crippen molar-refractivity contribution in [2.75, 3.05) is 0 Å². The first-order valence-corrected chi connectivity index (χ1v) is 41.9. The van der Waals surface area contributed by atoms with E-state index >= 15 is 0 Å². The van der Waals surface area contributed by atoms with Gasteiger partial charge in [0, 0.05) is 41.5 Å². The predicted octanol–water partition coefficient (Wildman–Crippen LogP) is 16.5. The van der Waals surface area contributed by atoms with Gasteiger partial charge >= 0.3 is 17.9 Å². The number of ether oxygens (including phenoxy) is 6. The van der Waals surface area contributed by atoms with Gasteiger partial charge in [-0.25, -0.2) is 14.4 Å². The summed E-state index contributed by atoms with van der Waals surface area (Å²) >= 11 is 0. The second-order valence-electron chi connectivity index (χ2n) is 36.4. The van der Waals surface area contributed by atoms with E-state index < -0.39 is 123 Å². The number of benzene rings is 7. The number of amides is 6. The lowest BCUT2D eigenvalue weighted by atomic mass is 9.84. The van der Waals surface area contributed by atoms with Crippen molar-refractivity contribution in [1.29, 1.82) is 10.5 Å². The topological polar surface area (TPSA) is 329 Å². The minimum Gasteiger partial charge on any atom is -0.432 e. The number of hydrogen-bond acceptors (Lipinski definition) is 17. The number of rotatable bonds is 29. The molecule has 652 valence electrons. The Kier molecular flexibility index (Phi) is 32.8. The summed E-state index contributed by atoms with van der Waals surface area (Å²) in [4.78, 5) is 119. The molecule has 0 aromatic heterocycles. The van der Waals surface area contributed by atoms with Crippen LogP contribution in [-0.2, 0) is 78.0 Å². The van der Waals surface area contributed by atoms with Crippen LogP contribution < -0.4 is 31.9 Å². The van der Waals surface area contributed by atoms with Crippen molar-refractivity contribution >= 4 is 59.4 Å². The van der Waals surface area contributed by atoms with Gasteiger partial charge in [-0.15, -0.1) is 6.58 Å². The van der Waals surface area contributed by atoms with Crippen molar-refractivity contribution in [2.24, 2.45) is 34.0 Å². The summed E-state index contributed by atoms with van der Waals surface area (Å²) in [7, 11) is 0. The Morgan fingerprint density at radius 2 is 0.772 bits per heavy atom. The van der Waals surface area contributed by atoms with Gasteiger partial charge in [0.1, 0.15) is 18.1 Å². The van der Waals surface area contributed by atoms with E-state index in [0.29, 0.717) is 30.4 Å². The summed E-state index contributed by atoms with van der Waals surface area (Å²) in [5.41, 5.74) is 10.4. The Morgan fingerprint density at radius 1 is 0.431 bits per heavy atom. The SMILES string of the molecule is C=CC[C@@H](C(=O)N[C@H](C(=O)N[C@H](C)c1ccccc1)C(C)(C)C)[C@@H]1OC(C)(C)OC1=O.Cc1cc(/C=C/C[C@@H](C(=O)N[C@H](C(=O)NC(C)c2ccccc2)C(C)(C)C)C2OC(C)(C)OC2=O)ccc1-c1cccc(C#N)c1.Cc1cc(CCC[C@@H](C(=O)N[C@H](C(=O)NC(C)c2ccccc2)C(C)(C)C)C2OC(C)(C)OC2=O)ccc1-c1cccc(C#N)c1. The van der Waals surface area contributed by atoms with E-state index in [1.54, 1.807) is 59.8 Å². The molecule has 3 aliphatic rings. The van der Waals surface area contributed by atoms with Gasteiger partial charge in [-0.3, -0.25) is 28.8 Å². The Balaban J connectivity index is 0.000000234. The highest BCUT2D eigenvalue weighted by atomic mass is 16.8. The summed E-state index contributed by atoms with van der Waals surface area (Å²) in [6.45, 7) is 40.1. The summed E-state index contributed by atoms with van der Waals surface area (Å²) in [6.07, 6.45) is 4.01. The Hall–Kier alpha value is -11.9. The molecule has 0 spiro atoms. The summed E-state index contributed by atoms with van der Waals surface area (Å²) in [5, 5.41) is 36.3. The number of nitriles is 2. The molecule has 6 N–H and O–H groups in total. The highest BCUT2D eigenvalue weighted by Crippen LogP contribution is 2.37. The minimum absolute atomic E-state index is 0.172. The van der Waals surface area contributed by atoms with Crippen LogP contribution in [-0.4, -0.2) is 107 Å². The molecule has 12 atom stereocenters. The Bertz CT molecular complexity index is 5030. The molecule has 3 saturated heterocycles. The number of allylic oxidation sites excluding steroid dienone is 2. The van der Waals surface area contributed by atoms with Gasteiger partial charge in [0.2, 0.25) is 52.8 Å². The van der Waals surface area contributed by atoms with E-state index in [0.717, 1.165) is 61.2 Å². The fourth-order valence-corrected chi connectivity index (χ4v) is 15.0. The van der Waals surface area contributed by atoms with Gasteiger partial charge in [0.15, 0.2) is 18.3 Å². The van der Waals surface area contributed by atoms with E-state index in [9.17, 15) is 53.7 Å². The van der Waals surface area contributed by atoms with Crippen LogP contribution in [0.3, 0.4) is 0 Å². The van der Waals surface area contributed by atoms with Crippen LogP contribution in [0, 0.1) is 70.5 Å². The summed E-state index contributed by atoms with van der Waals surface area (Å²) in [5.74, 6) is -10.2. The van der Waals surface area contributed by atoms with Crippen LogP contribution in [0.2, 0.25) is 0 Å². The number of nitrogens with zero attached hydrogens (tertiary/aromatic N) is 2. The molecule has 4 unspecified atom stereocenters. The molecule has 123 heavy (non-hydrogen) atoms. The van der Waals surface area contributed by atoms with Crippen LogP contribution in [0.25, 0.3) is 28.3 Å². The molecule has 23 nitrogen and oxygen atoms in total. The number of carbonyl (C=O) groups is 9. The van der Waals surface area contributed by atoms with E-state index in [2.05, 4.69) is 56.7 Å². The molecule has 23 heteroatoms. The van der Waals surface area contributed by atoms with Gasteiger partial charge in [-0.2, -0.15) is 10.5 Å². The lowest BCUT2D eigenvalue weighted by Crippen LogP contribution is -2.56. The molecule has 3 heterocycles. The van der Waals surface area contributed by atoms with Gasteiger partial charge < -0.3 is 60.3 Å². The van der Waals surface area contributed by atoms with Crippen LogP contribution in [0.1, 0.15) is 219 Å². The third kappa shape index (κ3) is 27.3. The number of cyclic esters (lactones) is 3. The first-order chi connectivity index (χ1) is 57.7. The van der Waals surface area contributed by atoms with Crippen LogP contribution >= 0.6 is 0 Å². The number of aryl methyl sites for hydroxylation is 3. The second kappa shape index (κ2) is 41.8. The van der Waals surface area contributed by atoms with E-state index in [1.165, 1.54) is 0 Å². The monoisotopic (exact) mass is 1670 g/mol. The minimum atomic E-state index is -1.17. The Labute approximate surface area is 725 Å². The highest BCUT2D eigenvalue weighted by Gasteiger charge is 2.52. The van der Waals surface area contributed by atoms with Gasteiger partial charge in [0.05, 0.1) is 59.1 Å². The number of carbonyl (C=O) groups excluding carboxylic acids is 9. The smallest absolute Gasteiger partial charge is 0.338 e. The number of nitrogens with one attached hydrogen (secondary N) is 6. The largest absolute Gasteiger partial charge is 0.432 e. The van der Waals surface area contributed by atoms with E-state index in [4.69, 9.17) is 28.4 Å². The zero-order valence-corrected chi connectivity index (χ0v) is 74.7. The fourth-order valence-electron chi connectivity index (χ4n) is 15.0. The standard InChI is InChI=1S/C38H45N3O5.C38H43N3O5.C24H34N2O5/c2*1-24-21-26(19-20-30(24)29-17-11-14-27(22-29)23-39)13-12-18-31(32-36(44)46-38(6,7)45-32)34(42)41-33(37(3,4)5)35(43)40-25(2)28-15-9-8-10-16-28;1-8-12-17(18-22(29)31-24(6,7)30-18)20(27)26-19(23(3,4)5)21(28)25-15(2)16-13-10-9-11-14-16/h8-11,14-17,19-22,25,31-33H,12-13,18H2,1-7H3,(H,40,43)(H,41,42);8-17,19-22,25,31-33H,18H2,1-7H3,(H,40,43)(H,41,42);8-11,13-15,17-19H,1,12H2,2-7H3,(H,25,28)(H,26,27)/b;13-12+;/t2*25?,31-,32?,33-;15-,17-,18+,19-/m111/s1. The molecule has 3 aliphatic heterocycles. The molecule has 6 amide bonds. The molecular formula is C100H122N8O15. The average molecular weight is 1680 g/mol. The third-order valence-electron chi connectivity index (χ3n) is 21.5. The zero-order valence-electron chi connectivity index (χ0n) is 74.7. The second-order valence-corrected chi connectivity index (χ2v) is 36.4. The maximum atomic E-state index is 14.0. The van der Waals surface area contributed by atoms with Crippen molar-refractivity contribution in [3.8, 4) is 34.4 Å². The maximum absolute atomic E-state index is 14.0. The molecule has 0 radical (unpaired) electrons. The lowest BCUT2D eigenvalue weighted by Gasteiger charge is -2.33. The number of esters is 3. The van der Waals surface area contributed by atoms with Crippen molar-refractivity contribution in [2.45, 2.75) is 243 Å². The van der Waals surface area contributed by atoms with Gasteiger partial charge in [0.25, 0.3) is 0 Å². The highest BCUT2D eigenvalue weighted by molar-refractivity contribution is 5.95. The zero-order chi connectivity index (χ0) is 90.7. The Morgan fingerprint density at radius 3 is 1.10 bits per heavy atom. The summed E-state index contributed by atoms with van der Waals surface area (Å²) in [6, 6.07) is 57.1. The molecule has 3 fully saturated rings. The van der Waals surface area contributed by atoms with Crippen molar-refractivity contribution in [1.82, 2.24) is 31.9 Å². The average Bonchev–Trinajstić information content (AvgIpc) is 1.64. The number of hydrogen-bond donors (Lipinski definition) is 6. The predicted molar refractivity (Wildman–Crippen MR) is 473 cm³/mol. The molecule has 7 aromatic rings.